The Labute approximate surface area is 174 Å². The maximum absolute atomic E-state index is 14.3. The zero-order valence-electron chi connectivity index (χ0n) is 15.9. The van der Waals surface area contributed by atoms with Crippen LogP contribution in [-0.2, 0) is 4.79 Å². The number of nitrogens with one attached hydrogen (secondary N) is 1. The number of carbonyl (C=O) groups excluding carboxylic acids is 1. The number of hydrogen-bond donors (Lipinski definition) is 2. The van der Waals surface area contributed by atoms with Crippen LogP contribution in [0.2, 0.25) is 0 Å². The van der Waals surface area contributed by atoms with Gasteiger partial charge in [0.15, 0.2) is 17.5 Å². The molecule has 0 heterocycles. The van der Waals surface area contributed by atoms with Crippen molar-refractivity contribution >= 4 is 29.3 Å². The highest BCUT2D eigenvalue weighted by atomic mass is 32.2. The Hall–Kier alpha value is -2.55. The minimum atomic E-state index is -1.64. The Kier molecular flexibility index (Phi) is 6.70. The molecule has 4 nitrogen and oxygen atoms in total. The molecule has 0 aliphatic heterocycles. The van der Waals surface area contributed by atoms with Crippen molar-refractivity contribution in [1.29, 1.82) is 0 Å². The maximum Gasteiger partial charge on any atom is 0.306 e. The standard InChI is InChI=1S/C21H19F4NO3S/c1-10-2-4-13(9-14(10)21(28)29)30-18-6-11(3-5-15(18)22)20(27)26-12-7-16(23)19(25)17(24)8-12/h3,5-8,10,13-14H,2,4,9H2,1H3,(H,26,27)(H,28,29). The number of carboxylic acids is 1. The van der Waals surface area contributed by atoms with E-state index in [9.17, 15) is 32.3 Å². The molecule has 1 fully saturated rings. The lowest BCUT2D eigenvalue weighted by Gasteiger charge is -2.31. The molecule has 2 aromatic carbocycles. The number of thioether (sulfide) groups is 1. The van der Waals surface area contributed by atoms with Crippen LogP contribution in [0.3, 0.4) is 0 Å². The van der Waals surface area contributed by atoms with E-state index in [-0.39, 0.29) is 27.3 Å². The van der Waals surface area contributed by atoms with Gasteiger partial charge >= 0.3 is 5.97 Å². The molecule has 0 saturated heterocycles. The number of halogens is 4. The van der Waals surface area contributed by atoms with E-state index in [0.717, 1.165) is 12.5 Å². The van der Waals surface area contributed by atoms with Crippen LogP contribution >= 0.6 is 11.8 Å². The first-order valence-corrected chi connectivity index (χ1v) is 10.2. The Morgan fingerprint density at radius 3 is 2.33 bits per heavy atom. The van der Waals surface area contributed by atoms with E-state index in [1.54, 1.807) is 0 Å². The predicted octanol–water partition coefficient (Wildman–Crippen LogP) is 5.48. The van der Waals surface area contributed by atoms with Gasteiger partial charge in [0, 0.05) is 33.5 Å². The zero-order chi connectivity index (χ0) is 22.0. The molecule has 2 N–H and O–H groups in total. The lowest BCUT2D eigenvalue weighted by molar-refractivity contribution is -0.144. The molecule has 9 heteroatoms. The van der Waals surface area contributed by atoms with Crippen molar-refractivity contribution < 1.29 is 32.3 Å². The molecule has 1 amide bonds. The fourth-order valence-electron chi connectivity index (χ4n) is 3.48. The zero-order valence-corrected chi connectivity index (χ0v) is 16.7. The van der Waals surface area contributed by atoms with Crippen molar-refractivity contribution in [2.45, 2.75) is 36.3 Å². The van der Waals surface area contributed by atoms with Gasteiger partial charge in [-0.25, -0.2) is 17.6 Å². The molecule has 30 heavy (non-hydrogen) atoms. The summed E-state index contributed by atoms with van der Waals surface area (Å²) in [6, 6.07) is 4.91. The predicted molar refractivity (Wildman–Crippen MR) is 104 cm³/mol. The highest BCUT2D eigenvalue weighted by molar-refractivity contribution is 8.00. The van der Waals surface area contributed by atoms with Crippen LogP contribution < -0.4 is 5.32 Å². The highest BCUT2D eigenvalue weighted by Gasteiger charge is 2.33. The van der Waals surface area contributed by atoms with Crippen LogP contribution in [0.15, 0.2) is 35.2 Å². The summed E-state index contributed by atoms with van der Waals surface area (Å²) in [6.07, 6.45) is 1.82. The highest BCUT2D eigenvalue weighted by Crippen LogP contribution is 2.40. The van der Waals surface area contributed by atoms with Crippen molar-refractivity contribution in [3.8, 4) is 0 Å². The van der Waals surface area contributed by atoms with E-state index in [1.165, 1.54) is 23.9 Å². The number of rotatable bonds is 5. The van der Waals surface area contributed by atoms with Crippen molar-refractivity contribution in [1.82, 2.24) is 0 Å². The van der Waals surface area contributed by atoms with E-state index in [2.05, 4.69) is 5.32 Å². The van der Waals surface area contributed by atoms with Gasteiger partial charge in [0.05, 0.1) is 5.92 Å². The maximum atomic E-state index is 14.3. The van der Waals surface area contributed by atoms with Gasteiger partial charge in [0.1, 0.15) is 5.82 Å². The van der Waals surface area contributed by atoms with E-state index in [4.69, 9.17) is 0 Å². The Morgan fingerprint density at radius 2 is 1.70 bits per heavy atom. The first kappa shape index (κ1) is 22.1. The minimum Gasteiger partial charge on any atom is -0.481 e. The second-order valence-electron chi connectivity index (χ2n) is 7.33. The third-order valence-corrected chi connectivity index (χ3v) is 6.52. The third-order valence-electron chi connectivity index (χ3n) is 5.19. The molecule has 1 saturated carbocycles. The number of anilines is 1. The molecule has 1 aliphatic rings. The fraction of sp³-hybridized carbons (Fsp3) is 0.333. The molecular weight excluding hydrogens is 422 g/mol. The van der Waals surface area contributed by atoms with E-state index < -0.39 is 41.1 Å². The topological polar surface area (TPSA) is 66.4 Å². The number of aliphatic carboxylic acids is 1. The summed E-state index contributed by atoms with van der Waals surface area (Å²) in [5, 5.41) is 11.5. The number of carboxylic acid groups (broad SMARTS) is 1. The summed E-state index contributed by atoms with van der Waals surface area (Å²) in [5.41, 5.74) is -0.233. The molecule has 3 unspecified atom stereocenters. The van der Waals surface area contributed by atoms with E-state index >= 15 is 0 Å². The quantitative estimate of drug-likeness (QED) is 0.477. The molecule has 0 bridgehead atoms. The van der Waals surface area contributed by atoms with Crippen LogP contribution in [0.4, 0.5) is 23.2 Å². The van der Waals surface area contributed by atoms with Gasteiger partial charge in [0.25, 0.3) is 5.91 Å². The molecule has 0 aromatic heterocycles. The van der Waals surface area contributed by atoms with Gasteiger partial charge in [-0.05, 0) is 43.4 Å². The lowest BCUT2D eigenvalue weighted by atomic mass is 9.80. The molecule has 3 rings (SSSR count). The van der Waals surface area contributed by atoms with E-state index in [0.29, 0.717) is 25.0 Å². The largest absolute Gasteiger partial charge is 0.481 e. The van der Waals surface area contributed by atoms with Crippen LogP contribution in [0.1, 0.15) is 36.5 Å². The number of carbonyl (C=O) groups is 2. The van der Waals surface area contributed by atoms with Crippen molar-refractivity contribution in [2.75, 3.05) is 5.32 Å². The van der Waals surface area contributed by atoms with Crippen LogP contribution in [0, 0.1) is 35.1 Å². The second kappa shape index (κ2) is 9.07. The fourth-order valence-corrected chi connectivity index (χ4v) is 4.77. The average Bonchev–Trinajstić information content (AvgIpc) is 2.68. The lowest BCUT2D eigenvalue weighted by Crippen LogP contribution is -2.30. The first-order valence-electron chi connectivity index (χ1n) is 9.30. The molecular formula is C21H19F4NO3S. The molecule has 0 radical (unpaired) electrons. The summed E-state index contributed by atoms with van der Waals surface area (Å²) in [7, 11) is 0. The summed E-state index contributed by atoms with van der Waals surface area (Å²) >= 11 is 1.17. The Balaban J connectivity index is 1.75. The third kappa shape index (κ3) is 4.95. The van der Waals surface area contributed by atoms with Crippen molar-refractivity contribution in [2.24, 2.45) is 11.8 Å². The summed E-state index contributed by atoms with van der Waals surface area (Å²) in [6.45, 7) is 1.88. The van der Waals surface area contributed by atoms with Gasteiger partial charge in [-0.3, -0.25) is 9.59 Å². The average molecular weight is 441 g/mol. The first-order chi connectivity index (χ1) is 14.2. The number of benzene rings is 2. The van der Waals surface area contributed by atoms with Crippen LogP contribution in [0.5, 0.6) is 0 Å². The normalized spacial score (nSPS) is 21.3. The van der Waals surface area contributed by atoms with Gasteiger partial charge < -0.3 is 10.4 Å². The molecule has 160 valence electrons. The van der Waals surface area contributed by atoms with Crippen LogP contribution in [-0.4, -0.2) is 22.2 Å². The summed E-state index contributed by atoms with van der Waals surface area (Å²) < 4.78 is 54.0. The number of amides is 1. The van der Waals surface area contributed by atoms with E-state index in [1.807, 2.05) is 6.92 Å². The SMILES string of the molecule is CC1CCC(Sc2cc(C(=O)Nc3cc(F)c(F)c(F)c3)ccc2F)CC1C(=O)O. The summed E-state index contributed by atoms with van der Waals surface area (Å²) in [5.74, 6) is -7.17. The van der Waals surface area contributed by atoms with Gasteiger partial charge in [-0.15, -0.1) is 11.8 Å². The molecule has 0 spiro atoms. The van der Waals surface area contributed by atoms with Gasteiger partial charge in [-0.2, -0.15) is 0 Å². The Bertz CT molecular complexity index is 962. The minimum absolute atomic E-state index is 0.0396. The molecule has 1 aliphatic carbocycles. The number of hydrogen-bond acceptors (Lipinski definition) is 3. The van der Waals surface area contributed by atoms with Crippen molar-refractivity contribution in [3.63, 3.8) is 0 Å². The molecule has 3 atom stereocenters. The van der Waals surface area contributed by atoms with Crippen molar-refractivity contribution in [3.05, 3.63) is 59.2 Å². The smallest absolute Gasteiger partial charge is 0.306 e. The van der Waals surface area contributed by atoms with Gasteiger partial charge in [0.2, 0.25) is 0 Å². The Morgan fingerprint density at radius 1 is 1.03 bits per heavy atom. The monoisotopic (exact) mass is 441 g/mol. The van der Waals surface area contributed by atoms with Gasteiger partial charge in [-0.1, -0.05) is 6.92 Å². The molecule has 2 aromatic rings. The second-order valence-corrected chi connectivity index (χ2v) is 8.67. The van der Waals surface area contributed by atoms with Crippen LogP contribution in [0.25, 0.3) is 0 Å². The summed E-state index contributed by atoms with van der Waals surface area (Å²) in [4.78, 5) is 24.0.